The van der Waals surface area contributed by atoms with Crippen LogP contribution in [0.2, 0.25) is 0 Å². The van der Waals surface area contributed by atoms with Crippen LogP contribution in [0.25, 0.3) is 0 Å². The summed E-state index contributed by atoms with van der Waals surface area (Å²) in [4.78, 5) is 8.35. The molecule has 0 amide bonds. The van der Waals surface area contributed by atoms with Crippen molar-refractivity contribution in [2.45, 2.75) is 29.2 Å². The number of aromatic nitrogens is 2. The van der Waals surface area contributed by atoms with Crippen molar-refractivity contribution in [3.63, 3.8) is 0 Å². The SMILES string of the molecule is Nc1nccc([C@H]2CCCN(c3ccc(F)cc3S(=O)(=O)C(F)(F)F)C2)n1. The second-order valence-electron chi connectivity index (χ2n) is 6.19. The van der Waals surface area contributed by atoms with Crippen molar-refractivity contribution in [3.8, 4) is 0 Å². The zero-order valence-electron chi connectivity index (χ0n) is 13.9. The predicted molar refractivity (Wildman–Crippen MR) is 90.3 cm³/mol. The van der Waals surface area contributed by atoms with Gasteiger partial charge >= 0.3 is 5.51 Å². The molecule has 0 aliphatic carbocycles. The minimum Gasteiger partial charge on any atom is -0.370 e. The molecule has 1 aromatic carbocycles. The molecule has 2 N–H and O–H groups in total. The van der Waals surface area contributed by atoms with Gasteiger partial charge in [-0.15, -0.1) is 0 Å². The molecule has 1 atom stereocenters. The molecule has 0 radical (unpaired) electrons. The Kier molecular flexibility index (Phi) is 4.98. The molecule has 2 heterocycles. The van der Waals surface area contributed by atoms with Gasteiger partial charge in [-0.1, -0.05) is 0 Å². The average Bonchev–Trinajstić information content (AvgIpc) is 2.61. The van der Waals surface area contributed by atoms with Gasteiger partial charge in [0.15, 0.2) is 0 Å². The van der Waals surface area contributed by atoms with Gasteiger partial charge in [0.2, 0.25) is 5.95 Å². The van der Waals surface area contributed by atoms with Gasteiger partial charge in [-0.05, 0) is 37.1 Å². The van der Waals surface area contributed by atoms with Gasteiger partial charge in [-0.2, -0.15) is 13.2 Å². The highest BCUT2D eigenvalue weighted by atomic mass is 32.2. The summed E-state index contributed by atoms with van der Waals surface area (Å²) in [6.45, 7) is 0.561. The fourth-order valence-electron chi connectivity index (χ4n) is 3.14. The lowest BCUT2D eigenvalue weighted by molar-refractivity contribution is -0.0435. The first-order chi connectivity index (χ1) is 12.6. The van der Waals surface area contributed by atoms with E-state index in [1.807, 2.05) is 0 Å². The standard InChI is InChI=1S/C16H16F4N4O2S/c17-11-3-4-13(14(8-11)27(25,26)16(18,19)20)24-7-1-2-10(9-24)12-5-6-22-15(21)23-12/h3-6,8,10H,1-2,7,9H2,(H2,21,22,23)/t10-/m0/s1. The van der Waals surface area contributed by atoms with E-state index >= 15 is 0 Å². The fourth-order valence-corrected chi connectivity index (χ4v) is 4.13. The van der Waals surface area contributed by atoms with Crippen molar-refractivity contribution in [2.75, 3.05) is 23.7 Å². The number of sulfone groups is 1. The third-order valence-corrected chi connectivity index (χ3v) is 5.91. The molecule has 1 aliphatic heterocycles. The first-order valence-corrected chi connectivity index (χ1v) is 9.52. The van der Waals surface area contributed by atoms with Crippen LogP contribution in [0.15, 0.2) is 35.4 Å². The lowest BCUT2D eigenvalue weighted by atomic mass is 9.94. The number of anilines is 2. The Balaban J connectivity index is 1.99. The quantitative estimate of drug-likeness (QED) is 0.792. The summed E-state index contributed by atoms with van der Waals surface area (Å²) in [5.74, 6) is -1.15. The van der Waals surface area contributed by atoms with Crippen LogP contribution in [0.1, 0.15) is 24.5 Å². The molecule has 1 saturated heterocycles. The number of alkyl halides is 3. The first kappa shape index (κ1) is 19.3. The maximum atomic E-state index is 13.5. The second kappa shape index (κ2) is 6.95. The van der Waals surface area contributed by atoms with Crippen LogP contribution < -0.4 is 10.6 Å². The van der Waals surface area contributed by atoms with Crippen LogP contribution in [0, 0.1) is 5.82 Å². The third kappa shape index (κ3) is 3.82. The van der Waals surface area contributed by atoms with E-state index in [0.29, 0.717) is 31.1 Å². The van der Waals surface area contributed by atoms with E-state index in [4.69, 9.17) is 5.73 Å². The zero-order chi connectivity index (χ0) is 19.8. The number of hydrogen-bond acceptors (Lipinski definition) is 6. The average molecular weight is 404 g/mol. The molecule has 1 aromatic heterocycles. The maximum absolute atomic E-state index is 13.5. The molecule has 0 saturated carbocycles. The molecule has 0 spiro atoms. The number of nitrogens with zero attached hydrogens (tertiary/aromatic N) is 3. The highest BCUT2D eigenvalue weighted by molar-refractivity contribution is 7.92. The Labute approximate surface area is 152 Å². The summed E-state index contributed by atoms with van der Waals surface area (Å²) in [6.07, 6.45) is 2.78. The molecule has 0 bridgehead atoms. The monoisotopic (exact) mass is 404 g/mol. The Bertz CT molecular complexity index is 950. The summed E-state index contributed by atoms with van der Waals surface area (Å²) < 4.78 is 76.4. The van der Waals surface area contributed by atoms with Crippen LogP contribution in [-0.4, -0.2) is 37.0 Å². The van der Waals surface area contributed by atoms with E-state index in [1.54, 1.807) is 6.07 Å². The van der Waals surface area contributed by atoms with E-state index in [1.165, 1.54) is 11.1 Å². The van der Waals surface area contributed by atoms with Crippen molar-refractivity contribution >= 4 is 21.5 Å². The molecule has 146 valence electrons. The molecule has 2 aromatic rings. The molecule has 0 unspecified atom stereocenters. The van der Waals surface area contributed by atoms with Gasteiger partial charge in [-0.3, -0.25) is 0 Å². The molecule has 1 aliphatic rings. The first-order valence-electron chi connectivity index (χ1n) is 8.04. The molecule has 3 rings (SSSR count). The molecular weight excluding hydrogens is 388 g/mol. The normalized spacial score (nSPS) is 18.5. The number of rotatable bonds is 3. The third-order valence-electron chi connectivity index (χ3n) is 4.39. The van der Waals surface area contributed by atoms with Gasteiger partial charge in [-0.25, -0.2) is 22.8 Å². The number of piperidine rings is 1. The van der Waals surface area contributed by atoms with Gasteiger partial charge in [0.25, 0.3) is 9.84 Å². The molecule has 1 fully saturated rings. The van der Waals surface area contributed by atoms with Crippen LogP contribution in [-0.2, 0) is 9.84 Å². The number of nitrogen functional groups attached to an aromatic ring is 1. The smallest absolute Gasteiger partial charge is 0.370 e. The Morgan fingerprint density at radius 2 is 1.96 bits per heavy atom. The number of hydrogen-bond donors (Lipinski definition) is 1. The van der Waals surface area contributed by atoms with E-state index in [2.05, 4.69) is 9.97 Å². The molecule has 11 heteroatoms. The Morgan fingerprint density at radius 3 is 2.63 bits per heavy atom. The Morgan fingerprint density at radius 1 is 1.22 bits per heavy atom. The summed E-state index contributed by atoms with van der Waals surface area (Å²) in [6, 6.07) is 4.06. The summed E-state index contributed by atoms with van der Waals surface area (Å²) in [5.41, 5.74) is 0.493. The fraction of sp³-hybridized carbons (Fsp3) is 0.375. The van der Waals surface area contributed by atoms with E-state index in [0.717, 1.165) is 12.1 Å². The van der Waals surface area contributed by atoms with Crippen LogP contribution in [0.3, 0.4) is 0 Å². The maximum Gasteiger partial charge on any atom is 0.501 e. The molecule has 6 nitrogen and oxygen atoms in total. The van der Waals surface area contributed by atoms with Crippen LogP contribution in [0.4, 0.5) is 29.2 Å². The Hall–Kier alpha value is -2.43. The lowest BCUT2D eigenvalue weighted by Crippen LogP contribution is -2.36. The highest BCUT2D eigenvalue weighted by Crippen LogP contribution is 2.38. The number of benzene rings is 1. The van der Waals surface area contributed by atoms with Crippen molar-refractivity contribution in [2.24, 2.45) is 0 Å². The van der Waals surface area contributed by atoms with Crippen molar-refractivity contribution < 1.29 is 26.0 Å². The van der Waals surface area contributed by atoms with Crippen molar-refractivity contribution in [1.82, 2.24) is 9.97 Å². The van der Waals surface area contributed by atoms with Gasteiger partial charge in [0, 0.05) is 25.2 Å². The zero-order valence-corrected chi connectivity index (χ0v) is 14.8. The van der Waals surface area contributed by atoms with Gasteiger partial charge in [0.05, 0.1) is 11.4 Å². The largest absolute Gasteiger partial charge is 0.501 e. The lowest BCUT2D eigenvalue weighted by Gasteiger charge is -2.35. The van der Waals surface area contributed by atoms with Gasteiger partial charge in [0.1, 0.15) is 10.7 Å². The highest BCUT2D eigenvalue weighted by Gasteiger charge is 2.48. The summed E-state index contributed by atoms with van der Waals surface area (Å²) in [5, 5.41) is 0. The summed E-state index contributed by atoms with van der Waals surface area (Å²) in [7, 11) is -5.70. The van der Waals surface area contributed by atoms with E-state index < -0.39 is 26.1 Å². The predicted octanol–water partition coefficient (Wildman–Crippen LogP) is 2.88. The topological polar surface area (TPSA) is 89.2 Å². The second-order valence-corrected chi connectivity index (χ2v) is 8.10. The van der Waals surface area contributed by atoms with E-state index in [9.17, 15) is 26.0 Å². The summed E-state index contributed by atoms with van der Waals surface area (Å²) >= 11 is 0. The van der Waals surface area contributed by atoms with Crippen molar-refractivity contribution in [1.29, 1.82) is 0 Å². The number of halogens is 4. The van der Waals surface area contributed by atoms with Crippen LogP contribution in [0.5, 0.6) is 0 Å². The van der Waals surface area contributed by atoms with E-state index in [-0.39, 0.29) is 24.1 Å². The minimum atomic E-state index is -5.70. The minimum absolute atomic E-state index is 0.0757. The molecular formula is C16H16F4N4O2S. The van der Waals surface area contributed by atoms with Crippen LogP contribution >= 0.6 is 0 Å². The van der Waals surface area contributed by atoms with Crippen molar-refractivity contribution in [3.05, 3.63) is 42.0 Å². The molecule has 27 heavy (non-hydrogen) atoms. The van der Waals surface area contributed by atoms with Gasteiger partial charge < -0.3 is 10.6 Å². The number of nitrogens with two attached hydrogens (primary N) is 1.